The maximum atomic E-state index is 12.4. The minimum atomic E-state index is -3.72. The molecule has 28 heavy (non-hydrogen) atoms. The van der Waals surface area contributed by atoms with Gasteiger partial charge in [-0.2, -0.15) is 0 Å². The van der Waals surface area contributed by atoms with Gasteiger partial charge in [-0.25, -0.2) is 13.4 Å². The zero-order chi connectivity index (χ0) is 20.1. The highest BCUT2D eigenvalue weighted by molar-refractivity contribution is 7.93. The fourth-order valence-electron chi connectivity index (χ4n) is 2.33. The van der Waals surface area contributed by atoms with E-state index in [1.807, 2.05) is 13.8 Å². The number of carbonyl (C=O) groups is 1. The molecular weight excluding hydrogens is 398 g/mol. The number of amides is 1. The highest BCUT2D eigenvalue weighted by atomic mass is 32.2. The van der Waals surface area contributed by atoms with Gasteiger partial charge in [0.05, 0.1) is 11.0 Å². The van der Waals surface area contributed by atoms with E-state index in [9.17, 15) is 13.2 Å². The first kappa shape index (κ1) is 19.8. The van der Waals surface area contributed by atoms with Crippen molar-refractivity contribution in [2.75, 3.05) is 10.0 Å². The standard InChI is InChI=1S/C19H19N3O4S2/c1-13(2)26-16-7-3-14(4-8-16)18(23)21-15-5-9-17(10-6-15)28(24,25)22-19-20-11-12-27-19/h3-13H,1-2H3,(H,20,22)(H,21,23). The average Bonchev–Trinajstić information content (AvgIpc) is 3.14. The van der Waals surface area contributed by atoms with Gasteiger partial charge < -0.3 is 10.1 Å². The van der Waals surface area contributed by atoms with Gasteiger partial charge in [-0.3, -0.25) is 9.52 Å². The molecule has 0 fully saturated rings. The summed E-state index contributed by atoms with van der Waals surface area (Å²) in [4.78, 5) is 16.3. The predicted octanol–water partition coefficient (Wildman–Crippen LogP) is 3.98. The smallest absolute Gasteiger partial charge is 0.263 e. The number of hydrogen-bond acceptors (Lipinski definition) is 6. The molecule has 0 saturated heterocycles. The number of carbonyl (C=O) groups excluding carboxylic acids is 1. The third-order valence-electron chi connectivity index (χ3n) is 3.56. The highest BCUT2D eigenvalue weighted by Gasteiger charge is 2.15. The zero-order valence-electron chi connectivity index (χ0n) is 15.2. The lowest BCUT2D eigenvalue weighted by molar-refractivity contribution is 0.102. The van der Waals surface area contributed by atoms with Crippen molar-refractivity contribution in [3.63, 3.8) is 0 Å². The van der Waals surface area contributed by atoms with Crippen molar-refractivity contribution in [3.05, 3.63) is 65.7 Å². The molecule has 2 aromatic carbocycles. The van der Waals surface area contributed by atoms with Gasteiger partial charge in [0.25, 0.3) is 15.9 Å². The van der Waals surface area contributed by atoms with Crippen LogP contribution in [-0.4, -0.2) is 25.4 Å². The molecule has 1 heterocycles. The van der Waals surface area contributed by atoms with Gasteiger partial charge in [0.1, 0.15) is 5.75 Å². The van der Waals surface area contributed by atoms with E-state index < -0.39 is 10.0 Å². The second-order valence-electron chi connectivity index (χ2n) is 6.11. The van der Waals surface area contributed by atoms with E-state index in [-0.39, 0.29) is 16.9 Å². The Morgan fingerprint density at radius 3 is 2.32 bits per heavy atom. The molecule has 0 aliphatic heterocycles. The van der Waals surface area contributed by atoms with E-state index in [1.165, 1.54) is 41.8 Å². The van der Waals surface area contributed by atoms with E-state index in [2.05, 4.69) is 15.0 Å². The van der Waals surface area contributed by atoms with Crippen LogP contribution in [0.15, 0.2) is 65.0 Å². The third-order valence-corrected chi connectivity index (χ3v) is 5.74. The van der Waals surface area contributed by atoms with E-state index in [1.54, 1.807) is 29.6 Å². The summed E-state index contributed by atoms with van der Waals surface area (Å²) in [5, 5.41) is 4.71. The monoisotopic (exact) mass is 417 g/mol. The molecule has 0 aliphatic carbocycles. The minimum absolute atomic E-state index is 0.0551. The summed E-state index contributed by atoms with van der Waals surface area (Å²) in [5.74, 6) is 0.390. The lowest BCUT2D eigenvalue weighted by atomic mass is 10.2. The Morgan fingerprint density at radius 2 is 1.75 bits per heavy atom. The molecule has 0 unspecified atom stereocenters. The van der Waals surface area contributed by atoms with Crippen molar-refractivity contribution < 1.29 is 17.9 Å². The molecule has 0 aliphatic rings. The number of hydrogen-bond donors (Lipinski definition) is 2. The van der Waals surface area contributed by atoms with Gasteiger partial charge in [0.2, 0.25) is 0 Å². The van der Waals surface area contributed by atoms with Crippen molar-refractivity contribution in [1.82, 2.24) is 4.98 Å². The normalized spacial score (nSPS) is 11.2. The Labute approximate surface area is 167 Å². The summed E-state index contributed by atoms with van der Waals surface area (Å²) < 4.78 is 32.6. The van der Waals surface area contributed by atoms with E-state index in [0.29, 0.717) is 22.1 Å². The first-order chi connectivity index (χ1) is 13.3. The Balaban J connectivity index is 1.66. The number of anilines is 2. The second-order valence-corrected chi connectivity index (χ2v) is 8.69. The van der Waals surface area contributed by atoms with Crippen molar-refractivity contribution in [3.8, 4) is 5.75 Å². The molecule has 1 aromatic heterocycles. The summed E-state index contributed by atoms with van der Waals surface area (Å²) in [6.07, 6.45) is 1.57. The minimum Gasteiger partial charge on any atom is -0.491 e. The first-order valence-electron chi connectivity index (χ1n) is 8.44. The van der Waals surface area contributed by atoms with Crippen LogP contribution in [-0.2, 0) is 10.0 Å². The Hall–Kier alpha value is -2.91. The summed E-state index contributed by atoms with van der Waals surface area (Å²) in [6, 6.07) is 12.7. The number of rotatable bonds is 7. The number of aromatic nitrogens is 1. The fraction of sp³-hybridized carbons (Fsp3) is 0.158. The van der Waals surface area contributed by atoms with Crippen LogP contribution in [0.5, 0.6) is 5.75 Å². The van der Waals surface area contributed by atoms with Crippen molar-refractivity contribution >= 4 is 38.1 Å². The molecule has 9 heteroatoms. The van der Waals surface area contributed by atoms with Gasteiger partial charge in [0, 0.05) is 22.8 Å². The molecule has 0 bridgehead atoms. The molecular formula is C19H19N3O4S2. The van der Waals surface area contributed by atoms with Gasteiger partial charge >= 0.3 is 0 Å². The molecule has 2 N–H and O–H groups in total. The lowest BCUT2D eigenvalue weighted by Crippen LogP contribution is -2.14. The number of ether oxygens (including phenoxy) is 1. The quantitative estimate of drug-likeness (QED) is 0.606. The first-order valence-corrected chi connectivity index (χ1v) is 10.8. The zero-order valence-corrected chi connectivity index (χ0v) is 16.9. The highest BCUT2D eigenvalue weighted by Crippen LogP contribution is 2.20. The van der Waals surface area contributed by atoms with E-state index >= 15 is 0 Å². The molecule has 0 atom stereocenters. The van der Waals surface area contributed by atoms with Crippen LogP contribution in [0.1, 0.15) is 24.2 Å². The number of benzene rings is 2. The van der Waals surface area contributed by atoms with Crippen LogP contribution in [0, 0.1) is 0 Å². The molecule has 7 nitrogen and oxygen atoms in total. The Morgan fingerprint density at radius 1 is 1.07 bits per heavy atom. The summed E-state index contributed by atoms with van der Waals surface area (Å²) in [7, 11) is -3.72. The summed E-state index contributed by atoms with van der Waals surface area (Å²) in [5.41, 5.74) is 0.957. The van der Waals surface area contributed by atoms with Crippen molar-refractivity contribution in [2.45, 2.75) is 24.8 Å². The number of nitrogens with one attached hydrogen (secondary N) is 2. The van der Waals surface area contributed by atoms with Crippen LogP contribution >= 0.6 is 11.3 Å². The molecule has 0 radical (unpaired) electrons. The summed E-state index contributed by atoms with van der Waals surface area (Å²) >= 11 is 1.19. The van der Waals surface area contributed by atoms with Gasteiger partial charge in [0.15, 0.2) is 5.13 Å². The Bertz CT molecular complexity index is 1030. The second kappa shape index (κ2) is 8.41. The van der Waals surface area contributed by atoms with Crippen LogP contribution in [0.3, 0.4) is 0 Å². The SMILES string of the molecule is CC(C)Oc1ccc(C(=O)Nc2ccc(S(=O)(=O)Nc3nccs3)cc2)cc1. The van der Waals surface area contributed by atoms with Gasteiger partial charge in [-0.1, -0.05) is 0 Å². The van der Waals surface area contributed by atoms with E-state index in [4.69, 9.17) is 4.74 Å². The maximum Gasteiger partial charge on any atom is 0.263 e. The van der Waals surface area contributed by atoms with E-state index in [0.717, 1.165) is 0 Å². The molecule has 0 spiro atoms. The van der Waals surface area contributed by atoms with Crippen LogP contribution in [0.2, 0.25) is 0 Å². The largest absolute Gasteiger partial charge is 0.491 e. The van der Waals surface area contributed by atoms with Crippen LogP contribution < -0.4 is 14.8 Å². The molecule has 1 amide bonds. The lowest BCUT2D eigenvalue weighted by Gasteiger charge is -2.10. The maximum absolute atomic E-state index is 12.4. The number of nitrogens with zero attached hydrogens (tertiary/aromatic N) is 1. The van der Waals surface area contributed by atoms with Crippen LogP contribution in [0.4, 0.5) is 10.8 Å². The molecule has 3 rings (SSSR count). The van der Waals surface area contributed by atoms with Gasteiger partial charge in [-0.05, 0) is 62.4 Å². The molecule has 146 valence electrons. The molecule has 0 saturated carbocycles. The topological polar surface area (TPSA) is 97.4 Å². The van der Waals surface area contributed by atoms with Crippen molar-refractivity contribution in [1.29, 1.82) is 0 Å². The van der Waals surface area contributed by atoms with Gasteiger partial charge in [-0.15, -0.1) is 11.3 Å². The summed E-state index contributed by atoms with van der Waals surface area (Å²) in [6.45, 7) is 3.86. The number of sulfonamides is 1. The van der Waals surface area contributed by atoms with Crippen molar-refractivity contribution in [2.24, 2.45) is 0 Å². The van der Waals surface area contributed by atoms with Crippen LogP contribution in [0.25, 0.3) is 0 Å². The molecule has 3 aromatic rings. The predicted molar refractivity (Wildman–Crippen MR) is 110 cm³/mol. The fourth-order valence-corrected chi connectivity index (χ4v) is 4.11. The number of thiazole rings is 1. The average molecular weight is 418 g/mol. The Kier molecular flexibility index (Phi) is 5.96. The third kappa shape index (κ3) is 5.08.